The molecule has 100 valence electrons. The molecule has 1 aromatic rings. The molecule has 3 heteroatoms. The van der Waals surface area contributed by atoms with E-state index in [4.69, 9.17) is 0 Å². The third-order valence-electron chi connectivity index (χ3n) is 3.61. The second-order valence-electron chi connectivity index (χ2n) is 4.91. The lowest BCUT2D eigenvalue weighted by Gasteiger charge is -2.31. The number of hydrogen-bond donors (Lipinski definition) is 1. The van der Waals surface area contributed by atoms with Gasteiger partial charge >= 0.3 is 0 Å². The normalized spacial score (nSPS) is 18.9. The van der Waals surface area contributed by atoms with Crippen LogP contribution < -0.4 is 4.90 Å². The maximum Gasteiger partial charge on any atom is 0.0574 e. The van der Waals surface area contributed by atoms with E-state index in [1.54, 1.807) is 0 Å². The second-order valence-corrected chi connectivity index (χ2v) is 6.53. The minimum Gasteiger partial charge on any atom is -0.393 e. The number of benzene rings is 1. The first-order chi connectivity index (χ1) is 8.70. The molecule has 1 saturated heterocycles. The number of hydrogen-bond acceptors (Lipinski definition) is 3. The molecule has 0 saturated carbocycles. The van der Waals surface area contributed by atoms with Gasteiger partial charge in [0, 0.05) is 24.0 Å². The quantitative estimate of drug-likeness (QED) is 0.902. The molecule has 2 nitrogen and oxygen atoms in total. The molecule has 0 amide bonds. The summed E-state index contributed by atoms with van der Waals surface area (Å²) in [5.74, 6) is 1.16. The average molecular weight is 265 g/mol. The van der Waals surface area contributed by atoms with E-state index in [0.29, 0.717) is 5.25 Å². The summed E-state index contributed by atoms with van der Waals surface area (Å²) in [6, 6.07) is 8.93. The van der Waals surface area contributed by atoms with Crippen LogP contribution in [0.15, 0.2) is 24.3 Å². The Balaban J connectivity index is 1.99. The van der Waals surface area contributed by atoms with Gasteiger partial charge in [-0.15, -0.1) is 0 Å². The van der Waals surface area contributed by atoms with Crippen LogP contribution in [0.4, 0.5) is 5.69 Å². The van der Waals surface area contributed by atoms with Gasteiger partial charge in [0.15, 0.2) is 0 Å². The number of piperidine rings is 1. The SMILES string of the molecule is CCSC(C)c1ccc(N2CCC(O)CC2)cc1. The Hall–Kier alpha value is -0.670. The van der Waals surface area contributed by atoms with Gasteiger partial charge in [0.25, 0.3) is 0 Å². The fourth-order valence-corrected chi connectivity index (χ4v) is 3.28. The summed E-state index contributed by atoms with van der Waals surface area (Å²) in [4.78, 5) is 2.37. The smallest absolute Gasteiger partial charge is 0.0574 e. The molecule has 1 unspecified atom stereocenters. The molecule has 1 aliphatic heterocycles. The largest absolute Gasteiger partial charge is 0.393 e. The number of thioether (sulfide) groups is 1. The second kappa shape index (κ2) is 6.48. The van der Waals surface area contributed by atoms with Crippen LogP contribution in [0.5, 0.6) is 0 Å². The summed E-state index contributed by atoms with van der Waals surface area (Å²) in [5.41, 5.74) is 2.70. The summed E-state index contributed by atoms with van der Waals surface area (Å²) < 4.78 is 0. The van der Waals surface area contributed by atoms with E-state index in [1.165, 1.54) is 11.3 Å². The van der Waals surface area contributed by atoms with Crippen LogP contribution in [0.3, 0.4) is 0 Å². The lowest BCUT2D eigenvalue weighted by molar-refractivity contribution is 0.145. The number of anilines is 1. The van der Waals surface area contributed by atoms with Gasteiger partial charge in [0.1, 0.15) is 0 Å². The standard InChI is InChI=1S/C15H23NOS/c1-3-18-12(2)13-4-6-14(7-5-13)16-10-8-15(17)9-11-16/h4-7,12,15,17H,3,8-11H2,1-2H3. The van der Waals surface area contributed by atoms with E-state index in [1.807, 2.05) is 11.8 Å². The molecule has 0 aliphatic carbocycles. The number of aliphatic hydroxyl groups excluding tert-OH is 1. The van der Waals surface area contributed by atoms with Crippen molar-refractivity contribution < 1.29 is 5.11 Å². The highest BCUT2D eigenvalue weighted by Gasteiger charge is 2.17. The van der Waals surface area contributed by atoms with Crippen LogP contribution in [0.2, 0.25) is 0 Å². The molecule has 1 aliphatic rings. The molecule has 2 rings (SSSR count). The highest BCUT2D eigenvalue weighted by atomic mass is 32.2. The maximum atomic E-state index is 9.52. The van der Waals surface area contributed by atoms with Crippen molar-refractivity contribution in [3.05, 3.63) is 29.8 Å². The summed E-state index contributed by atoms with van der Waals surface area (Å²) in [6.45, 7) is 6.41. The minimum absolute atomic E-state index is 0.0958. The predicted octanol–water partition coefficient (Wildman–Crippen LogP) is 3.46. The van der Waals surface area contributed by atoms with Crippen LogP contribution in [-0.4, -0.2) is 30.1 Å². The minimum atomic E-state index is -0.0958. The van der Waals surface area contributed by atoms with Crippen molar-refractivity contribution in [2.45, 2.75) is 38.0 Å². The molecular formula is C15H23NOS. The highest BCUT2D eigenvalue weighted by Crippen LogP contribution is 2.29. The lowest BCUT2D eigenvalue weighted by Crippen LogP contribution is -2.35. The number of nitrogens with zero attached hydrogens (tertiary/aromatic N) is 1. The van der Waals surface area contributed by atoms with Crippen LogP contribution in [-0.2, 0) is 0 Å². The fourth-order valence-electron chi connectivity index (χ4n) is 2.43. The van der Waals surface area contributed by atoms with Gasteiger partial charge < -0.3 is 10.0 Å². The molecule has 1 fully saturated rings. The molecule has 0 aromatic heterocycles. The summed E-state index contributed by atoms with van der Waals surface area (Å²) >= 11 is 1.98. The number of rotatable bonds is 4. The summed E-state index contributed by atoms with van der Waals surface area (Å²) in [6.07, 6.45) is 1.69. The van der Waals surface area contributed by atoms with Gasteiger partial charge in [0.05, 0.1) is 6.10 Å². The Kier molecular flexibility index (Phi) is 4.95. The van der Waals surface area contributed by atoms with Crippen molar-refractivity contribution in [3.8, 4) is 0 Å². The van der Waals surface area contributed by atoms with Gasteiger partial charge in [-0.05, 0) is 43.2 Å². The average Bonchev–Trinajstić information content (AvgIpc) is 2.40. The van der Waals surface area contributed by atoms with E-state index in [9.17, 15) is 5.11 Å². The monoisotopic (exact) mass is 265 g/mol. The zero-order valence-corrected chi connectivity index (χ0v) is 12.1. The van der Waals surface area contributed by atoms with Crippen LogP contribution >= 0.6 is 11.8 Å². The zero-order chi connectivity index (χ0) is 13.0. The third kappa shape index (κ3) is 3.42. The van der Waals surface area contributed by atoms with Crippen LogP contribution in [0.1, 0.15) is 37.5 Å². The van der Waals surface area contributed by atoms with Gasteiger partial charge in [-0.3, -0.25) is 0 Å². The Labute approximate surface area is 114 Å². The first-order valence-corrected chi connectivity index (χ1v) is 7.90. The van der Waals surface area contributed by atoms with Gasteiger partial charge in [0.2, 0.25) is 0 Å². The van der Waals surface area contributed by atoms with Crippen molar-refractivity contribution in [3.63, 3.8) is 0 Å². The topological polar surface area (TPSA) is 23.5 Å². The van der Waals surface area contributed by atoms with Gasteiger partial charge in [-0.1, -0.05) is 19.1 Å². The molecule has 18 heavy (non-hydrogen) atoms. The maximum absolute atomic E-state index is 9.52. The van der Waals surface area contributed by atoms with Gasteiger partial charge in [-0.25, -0.2) is 0 Å². The van der Waals surface area contributed by atoms with Crippen molar-refractivity contribution in [2.75, 3.05) is 23.7 Å². The van der Waals surface area contributed by atoms with Gasteiger partial charge in [-0.2, -0.15) is 11.8 Å². The van der Waals surface area contributed by atoms with E-state index in [2.05, 4.69) is 43.0 Å². The molecule has 1 N–H and O–H groups in total. The van der Waals surface area contributed by atoms with Crippen molar-refractivity contribution in [2.24, 2.45) is 0 Å². The molecule has 1 aromatic carbocycles. The van der Waals surface area contributed by atoms with Crippen molar-refractivity contribution in [1.82, 2.24) is 0 Å². The highest BCUT2D eigenvalue weighted by molar-refractivity contribution is 7.99. The zero-order valence-electron chi connectivity index (χ0n) is 11.3. The molecule has 1 heterocycles. The van der Waals surface area contributed by atoms with E-state index in [0.717, 1.165) is 31.7 Å². The molecule has 0 spiro atoms. The first-order valence-electron chi connectivity index (χ1n) is 6.85. The Morgan fingerprint density at radius 1 is 1.28 bits per heavy atom. The molecule has 0 bridgehead atoms. The fraction of sp³-hybridized carbons (Fsp3) is 0.600. The predicted molar refractivity (Wildman–Crippen MR) is 80.4 cm³/mol. The summed E-state index contributed by atoms with van der Waals surface area (Å²) in [7, 11) is 0. The van der Waals surface area contributed by atoms with E-state index in [-0.39, 0.29) is 6.10 Å². The molecule has 0 radical (unpaired) electrons. The van der Waals surface area contributed by atoms with Crippen LogP contribution in [0, 0.1) is 0 Å². The Morgan fingerprint density at radius 3 is 2.44 bits per heavy atom. The molecule has 1 atom stereocenters. The Bertz CT molecular complexity index is 357. The number of aliphatic hydroxyl groups is 1. The van der Waals surface area contributed by atoms with E-state index < -0.39 is 0 Å². The first kappa shape index (κ1) is 13.8. The van der Waals surface area contributed by atoms with E-state index >= 15 is 0 Å². The summed E-state index contributed by atoms with van der Waals surface area (Å²) in [5, 5.41) is 10.1. The van der Waals surface area contributed by atoms with Crippen molar-refractivity contribution in [1.29, 1.82) is 0 Å². The molecular weight excluding hydrogens is 242 g/mol. The lowest BCUT2D eigenvalue weighted by atomic mass is 10.1. The van der Waals surface area contributed by atoms with Crippen molar-refractivity contribution >= 4 is 17.4 Å². The third-order valence-corrected chi connectivity index (χ3v) is 4.71. The van der Waals surface area contributed by atoms with Crippen LogP contribution in [0.25, 0.3) is 0 Å². The Morgan fingerprint density at radius 2 is 1.89 bits per heavy atom.